The second-order valence-corrected chi connectivity index (χ2v) is 2.44. The van der Waals surface area contributed by atoms with E-state index in [0.717, 1.165) is 0 Å². The fourth-order valence-electron chi connectivity index (χ4n) is 0.878. The van der Waals surface area contributed by atoms with E-state index >= 15 is 0 Å². The maximum Gasteiger partial charge on any atom is 0.459 e. The van der Waals surface area contributed by atoms with Crippen LogP contribution in [0.5, 0.6) is 0 Å². The Hall–Kier alpha value is -1.27. The maximum atomic E-state index is 10.9. The van der Waals surface area contributed by atoms with Gasteiger partial charge in [-0.1, -0.05) is 0 Å². The highest BCUT2D eigenvalue weighted by Gasteiger charge is 2.15. The molecule has 0 fully saturated rings. The molecule has 0 aliphatic heterocycles. The molecular formula is C7H9BO5. The minimum Gasteiger partial charge on any atom is -0.463 e. The summed E-state index contributed by atoms with van der Waals surface area (Å²) in [5.74, 6) is -0.202. The molecule has 1 rings (SSSR count). The van der Waals surface area contributed by atoms with Crippen molar-refractivity contribution in [2.45, 2.75) is 6.32 Å². The van der Waals surface area contributed by atoms with Crippen LogP contribution in [0.3, 0.4) is 0 Å². The quantitative estimate of drug-likeness (QED) is 0.494. The third-order valence-electron chi connectivity index (χ3n) is 1.43. The summed E-state index contributed by atoms with van der Waals surface area (Å²) in [4.78, 5) is 10.9. The lowest BCUT2D eigenvalue weighted by Gasteiger charge is -1.94. The van der Waals surface area contributed by atoms with Crippen molar-refractivity contribution in [1.29, 1.82) is 0 Å². The second kappa shape index (κ2) is 4.11. The van der Waals surface area contributed by atoms with E-state index in [0.29, 0.717) is 5.76 Å². The third kappa shape index (κ3) is 2.60. The van der Waals surface area contributed by atoms with Gasteiger partial charge in [-0.3, -0.25) is 0 Å². The van der Waals surface area contributed by atoms with Crippen molar-refractivity contribution in [3.63, 3.8) is 0 Å². The van der Waals surface area contributed by atoms with Crippen LogP contribution in [0.25, 0.3) is 0 Å². The number of carbonyl (C=O) groups is 1. The van der Waals surface area contributed by atoms with Crippen LogP contribution < -0.4 is 0 Å². The fraction of sp³-hybridized carbons (Fsp3) is 0.286. The number of hydrogen-bond donors (Lipinski definition) is 2. The monoisotopic (exact) mass is 184 g/mol. The van der Waals surface area contributed by atoms with Crippen LogP contribution in [0, 0.1) is 0 Å². The summed E-state index contributed by atoms with van der Waals surface area (Å²) in [5, 5.41) is 17.2. The van der Waals surface area contributed by atoms with E-state index in [4.69, 9.17) is 14.5 Å². The zero-order valence-electron chi connectivity index (χ0n) is 7.06. The summed E-state index contributed by atoms with van der Waals surface area (Å²) >= 11 is 0. The predicted octanol–water partition coefficient (Wildman–Crippen LogP) is -0.379. The molecule has 6 heteroatoms. The van der Waals surface area contributed by atoms with Gasteiger partial charge in [-0.25, -0.2) is 4.79 Å². The topological polar surface area (TPSA) is 79.9 Å². The van der Waals surface area contributed by atoms with Gasteiger partial charge >= 0.3 is 13.1 Å². The molecule has 1 aromatic rings. The summed E-state index contributed by atoms with van der Waals surface area (Å²) in [7, 11) is -0.234. The van der Waals surface area contributed by atoms with Crippen molar-refractivity contribution in [2.24, 2.45) is 0 Å². The molecule has 13 heavy (non-hydrogen) atoms. The summed E-state index contributed by atoms with van der Waals surface area (Å²) in [6, 6.07) is 2.91. The number of methoxy groups -OCH3 is 1. The molecule has 0 atom stereocenters. The zero-order chi connectivity index (χ0) is 9.84. The molecule has 0 bridgehead atoms. The van der Waals surface area contributed by atoms with Crippen LogP contribution >= 0.6 is 0 Å². The number of carbonyl (C=O) groups excluding carboxylic acids is 1. The second-order valence-electron chi connectivity index (χ2n) is 2.44. The van der Waals surface area contributed by atoms with E-state index in [9.17, 15) is 4.79 Å². The van der Waals surface area contributed by atoms with Gasteiger partial charge in [0.1, 0.15) is 5.76 Å². The van der Waals surface area contributed by atoms with E-state index < -0.39 is 13.1 Å². The third-order valence-corrected chi connectivity index (χ3v) is 1.43. The van der Waals surface area contributed by atoms with Crippen molar-refractivity contribution in [1.82, 2.24) is 0 Å². The van der Waals surface area contributed by atoms with Gasteiger partial charge in [0.05, 0.1) is 7.11 Å². The molecule has 70 valence electrons. The highest BCUT2D eigenvalue weighted by Crippen LogP contribution is 2.09. The first-order valence-electron chi connectivity index (χ1n) is 3.66. The molecule has 2 N–H and O–H groups in total. The van der Waals surface area contributed by atoms with E-state index in [1.807, 2.05) is 0 Å². The summed E-state index contributed by atoms with van der Waals surface area (Å²) in [5.41, 5.74) is 0. The van der Waals surface area contributed by atoms with Gasteiger partial charge in [-0.2, -0.15) is 0 Å². The number of hydrogen-bond acceptors (Lipinski definition) is 5. The lowest BCUT2D eigenvalue weighted by molar-refractivity contribution is 0.0563. The van der Waals surface area contributed by atoms with Gasteiger partial charge in [0.15, 0.2) is 0 Å². The van der Waals surface area contributed by atoms with Crippen LogP contribution in [-0.4, -0.2) is 30.2 Å². The molecule has 0 aromatic carbocycles. The molecule has 0 amide bonds. The van der Waals surface area contributed by atoms with E-state index in [2.05, 4.69) is 4.74 Å². The van der Waals surface area contributed by atoms with E-state index in [-0.39, 0.29) is 12.1 Å². The first kappa shape index (κ1) is 9.82. The van der Waals surface area contributed by atoms with Crippen molar-refractivity contribution in [2.75, 3.05) is 7.11 Å². The Morgan fingerprint density at radius 2 is 2.31 bits per heavy atom. The molecule has 0 saturated heterocycles. The van der Waals surface area contributed by atoms with Gasteiger partial charge in [0, 0.05) is 6.32 Å². The van der Waals surface area contributed by atoms with Gasteiger partial charge in [-0.15, -0.1) is 0 Å². The van der Waals surface area contributed by atoms with E-state index in [1.165, 1.54) is 19.2 Å². The smallest absolute Gasteiger partial charge is 0.459 e. The number of rotatable bonds is 3. The molecule has 0 aliphatic rings. The first-order chi connectivity index (χ1) is 6.13. The van der Waals surface area contributed by atoms with Gasteiger partial charge in [-0.05, 0) is 12.1 Å². The number of furan rings is 1. The fourth-order valence-corrected chi connectivity index (χ4v) is 0.878. The Balaban J connectivity index is 2.69. The molecular weight excluding hydrogens is 175 g/mol. The molecule has 1 aromatic heterocycles. The van der Waals surface area contributed by atoms with E-state index in [1.54, 1.807) is 0 Å². The standard InChI is InChI=1S/C7H9BO5/c1-12-7(9)6-3-2-5(13-6)4-8(10)11/h2-3,10-11H,4H2,1H3. The highest BCUT2D eigenvalue weighted by atomic mass is 16.5. The van der Waals surface area contributed by atoms with Crippen LogP contribution in [0.4, 0.5) is 0 Å². The zero-order valence-corrected chi connectivity index (χ0v) is 7.06. The molecule has 0 saturated carbocycles. The Kier molecular flexibility index (Phi) is 3.10. The SMILES string of the molecule is COC(=O)c1ccc(CB(O)O)o1. The van der Waals surface area contributed by atoms with Crippen LogP contribution in [0.2, 0.25) is 0 Å². The average Bonchev–Trinajstić information content (AvgIpc) is 2.50. The molecule has 1 heterocycles. The minimum absolute atomic E-state index is 0.0446. The van der Waals surface area contributed by atoms with Crippen molar-refractivity contribution in [3.05, 3.63) is 23.7 Å². The molecule has 0 radical (unpaired) electrons. The number of ether oxygens (including phenoxy) is 1. The van der Waals surface area contributed by atoms with Crippen LogP contribution in [0.1, 0.15) is 16.3 Å². The summed E-state index contributed by atoms with van der Waals surface area (Å²) in [6.45, 7) is 0. The lowest BCUT2D eigenvalue weighted by Crippen LogP contribution is -2.14. The van der Waals surface area contributed by atoms with Crippen molar-refractivity contribution >= 4 is 13.1 Å². The Morgan fingerprint density at radius 1 is 1.62 bits per heavy atom. The largest absolute Gasteiger partial charge is 0.463 e. The van der Waals surface area contributed by atoms with Crippen molar-refractivity contribution in [3.8, 4) is 0 Å². The van der Waals surface area contributed by atoms with Crippen LogP contribution in [-0.2, 0) is 11.1 Å². The maximum absolute atomic E-state index is 10.9. The Morgan fingerprint density at radius 3 is 2.85 bits per heavy atom. The van der Waals surface area contributed by atoms with Gasteiger partial charge in [0.25, 0.3) is 0 Å². The summed E-state index contributed by atoms with van der Waals surface area (Å²) < 4.78 is 9.35. The van der Waals surface area contributed by atoms with Gasteiger partial charge in [0.2, 0.25) is 5.76 Å². The number of esters is 1. The Bertz CT molecular complexity index is 293. The average molecular weight is 184 g/mol. The lowest BCUT2D eigenvalue weighted by atomic mass is 9.85. The highest BCUT2D eigenvalue weighted by molar-refractivity contribution is 6.40. The minimum atomic E-state index is -1.48. The normalized spacial score (nSPS) is 9.77. The molecule has 5 nitrogen and oxygen atoms in total. The Labute approximate surface area is 75.1 Å². The predicted molar refractivity (Wildman–Crippen MR) is 43.9 cm³/mol. The first-order valence-corrected chi connectivity index (χ1v) is 3.66. The molecule has 0 aliphatic carbocycles. The molecule has 0 unspecified atom stereocenters. The summed E-state index contributed by atoms with van der Waals surface area (Å²) in [6.07, 6.45) is -0.0446. The van der Waals surface area contributed by atoms with Gasteiger partial charge < -0.3 is 19.2 Å². The molecule has 0 spiro atoms. The van der Waals surface area contributed by atoms with Crippen LogP contribution in [0.15, 0.2) is 16.5 Å². The van der Waals surface area contributed by atoms with Crippen molar-refractivity contribution < 1.29 is 24.0 Å².